The number of rotatable bonds is 1. The van der Waals surface area contributed by atoms with Gasteiger partial charge in [-0.15, -0.1) is 0 Å². The molecular formula is C10H19NO2S. The van der Waals surface area contributed by atoms with E-state index in [2.05, 4.69) is 0 Å². The molecule has 0 aromatic carbocycles. The second-order valence-electron chi connectivity index (χ2n) is 4.81. The molecule has 0 saturated carbocycles. The van der Waals surface area contributed by atoms with Crippen molar-refractivity contribution >= 4 is 17.7 Å². The van der Waals surface area contributed by atoms with Gasteiger partial charge in [0.25, 0.3) is 0 Å². The van der Waals surface area contributed by atoms with Crippen LogP contribution >= 0.6 is 11.8 Å². The predicted molar refractivity (Wildman–Crippen MR) is 59.3 cm³/mol. The average molecular weight is 217 g/mol. The second-order valence-corrected chi connectivity index (χ2v) is 6.25. The Kier molecular flexibility index (Phi) is 3.17. The molecule has 1 saturated heterocycles. The van der Waals surface area contributed by atoms with Gasteiger partial charge in [-0.3, -0.25) is 0 Å². The predicted octanol–water partition coefficient (Wildman–Crippen LogP) is 1.55. The Morgan fingerprint density at radius 2 is 2.14 bits per heavy atom. The molecule has 3 nitrogen and oxygen atoms in total. The lowest BCUT2D eigenvalue weighted by Crippen LogP contribution is -2.54. The van der Waals surface area contributed by atoms with E-state index < -0.39 is 11.1 Å². The van der Waals surface area contributed by atoms with Gasteiger partial charge in [-0.1, -0.05) is 6.92 Å². The quantitative estimate of drug-likeness (QED) is 0.677. The molecule has 0 radical (unpaired) electrons. The van der Waals surface area contributed by atoms with Crippen molar-refractivity contribution in [2.75, 3.05) is 5.75 Å². The first-order valence-electron chi connectivity index (χ1n) is 4.90. The zero-order valence-electron chi connectivity index (χ0n) is 9.29. The summed E-state index contributed by atoms with van der Waals surface area (Å²) in [6, 6.07) is 0. The number of ether oxygens (including phenoxy) is 1. The van der Waals surface area contributed by atoms with Crippen molar-refractivity contribution in [3.63, 3.8) is 0 Å². The van der Waals surface area contributed by atoms with Gasteiger partial charge in [0.15, 0.2) is 0 Å². The topological polar surface area (TPSA) is 52.3 Å². The van der Waals surface area contributed by atoms with Crippen molar-refractivity contribution in [2.24, 2.45) is 5.73 Å². The summed E-state index contributed by atoms with van der Waals surface area (Å²) in [5, 5.41) is 0.150. The summed E-state index contributed by atoms with van der Waals surface area (Å²) < 4.78 is 5.32. The Morgan fingerprint density at radius 1 is 1.57 bits per heavy atom. The Morgan fingerprint density at radius 3 is 2.50 bits per heavy atom. The second kappa shape index (κ2) is 3.74. The van der Waals surface area contributed by atoms with Crippen molar-refractivity contribution in [2.45, 2.75) is 50.5 Å². The van der Waals surface area contributed by atoms with Crippen molar-refractivity contribution in [3.05, 3.63) is 0 Å². The van der Waals surface area contributed by atoms with E-state index in [9.17, 15) is 4.79 Å². The highest BCUT2D eigenvalue weighted by molar-refractivity contribution is 8.00. The van der Waals surface area contributed by atoms with Crippen molar-refractivity contribution in [1.29, 1.82) is 0 Å². The van der Waals surface area contributed by atoms with Gasteiger partial charge in [-0.05, 0) is 32.9 Å². The summed E-state index contributed by atoms with van der Waals surface area (Å²) in [6.45, 7) is 7.57. The molecule has 1 fully saturated rings. The summed E-state index contributed by atoms with van der Waals surface area (Å²) in [7, 11) is 0. The number of hydrogen-bond donors (Lipinski definition) is 1. The molecule has 0 aromatic rings. The number of hydrogen-bond acceptors (Lipinski definition) is 4. The lowest BCUT2D eigenvalue weighted by atomic mass is 9.94. The first-order chi connectivity index (χ1) is 6.26. The van der Waals surface area contributed by atoms with Crippen molar-refractivity contribution in [1.82, 2.24) is 0 Å². The van der Waals surface area contributed by atoms with Gasteiger partial charge in [-0.25, -0.2) is 4.79 Å². The Labute approximate surface area is 89.8 Å². The van der Waals surface area contributed by atoms with Crippen LogP contribution in [0.3, 0.4) is 0 Å². The Hall–Kier alpha value is -0.220. The van der Waals surface area contributed by atoms with E-state index in [1.165, 1.54) is 0 Å². The third-order valence-electron chi connectivity index (χ3n) is 2.39. The van der Waals surface area contributed by atoms with E-state index in [-0.39, 0.29) is 11.2 Å². The fraction of sp³-hybridized carbons (Fsp3) is 0.900. The van der Waals surface area contributed by atoms with E-state index in [0.717, 1.165) is 5.75 Å². The Balaban J connectivity index is 2.68. The molecule has 0 spiro atoms. The largest absolute Gasteiger partial charge is 0.459 e. The standard InChI is InChI=1S/C10H19NO2S/c1-7-10(11,5-6-14-7)8(12)13-9(2,3)4/h7H,5-6,11H2,1-4H3/t7-,10+/m0/s1. The molecule has 1 heterocycles. The minimum absolute atomic E-state index is 0.150. The number of nitrogens with two attached hydrogens (primary N) is 1. The number of esters is 1. The van der Waals surface area contributed by atoms with Gasteiger partial charge in [0.1, 0.15) is 11.1 Å². The van der Waals surface area contributed by atoms with E-state index in [0.29, 0.717) is 6.42 Å². The van der Waals surface area contributed by atoms with Crippen LogP contribution in [0.5, 0.6) is 0 Å². The van der Waals surface area contributed by atoms with Crippen LogP contribution in [-0.2, 0) is 9.53 Å². The normalized spacial score (nSPS) is 33.1. The van der Waals surface area contributed by atoms with Crippen LogP contribution in [0.4, 0.5) is 0 Å². The van der Waals surface area contributed by atoms with Gasteiger partial charge in [-0.2, -0.15) is 11.8 Å². The van der Waals surface area contributed by atoms with Crippen molar-refractivity contribution < 1.29 is 9.53 Å². The van der Waals surface area contributed by atoms with Crippen LogP contribution < -0.4 is 5.73 Å². The fourth-order valence-electron chi connectivity index (χ4n) is 1.40. The molecule has 0 amide bonds. The molecular weight excluding hydrogens is 198 g/mol. The third kappa shape index (κ3) is 2.42. The van der Waals surface area contributed by atoms with E-state index in [1.54, 1.807) is 11.8 Å². The zero-order valence-corrected chi connectivity index (χ0v) is 10.1. The van der Waals surface area contributed by atoms with Gasteiger partial charge < -0.3 is 10.5 Å². The van der Waals surface area contributed by atoms with Crippen LogP contribution in [-0.4, -0.2) is 28.1 Å². The Bertz CT molecular complexity index is 237. The SMILES string of the molecule is C[C@@H]1SCC[C@]1(N)C(=O)OC(C)(C)C. The maximum atomic E-state index is 11.8. The molecule has 0 unspecified atom stereocenters. The highest BCUT2D eigenvalue weighted by atomic mass is 32.2. The summed E-state index contributed by atoms with van der Waals surface area (Å²) >= 11 is 1.73. The molecule has 0 aromatic heterocycles. The van der Waals surface area contributed by atoms with Gasteiger partial charge in [0.2, 0.25) is 0 Å². The molecule has 14 heavy (non-hydrogen) atoms. The van der Waals surface area contributed by atoms with Gasteiger partial charge >= 0.3 is 5.97 Å². The summed E-state index contributed by atoms with van der Waals surface area (Å²) in [6.07, 6.45) is 0.716. The average Bonchev–Trinajstić information content (AvgIpc) is 2.30. The molecule has 82 valence electrons. The van der Waals surface area contributed by atoms with E-state index >= 15 is 0 Å². The lowest BCUT2D eigenvalue weighted by Gasteiger charge is -2.30. The minimum Gasteiger partial charge on any atom is -0.459 e. The first kappa shape index (κ1) is 11.9. The molecule has 4 heteroatoms. The summed E-state index contributed by atoms with van der Waals surface area (Å²) in [5.41, 5.74) is 4.83. The molecule has 0 aliphatic carbocycles. The summed E-state index contributed by atoms with van der Waals surface area (Å²) in [4.78, 5) is 11.8. The molecule has 1 aliphatic heterocycles. The van der Waals surface area contributed by atoms with Crippen LogP contribution in [0.1, 0.15) is 34.1 Å². The number of carbonyl (C=O) groups is 1. The smallest absolute Gasteiger partial charge is 0.327 e. The monoisotopic (exact) mass is 217 g/mol. The summed E-state index contributed by atoms with van der Waals surface area (Å²) in [5.74, 6) is 0.680. The van der Waals surface area contributed by atoms with E-state index in [4.69, 9.17) is 10.5 Å². The maximum Gasteiger partial charge on any atom is 0.327 e. The van der Waals surface area contributed by atoms with Crippen LogP contribution in [0.25, 0.3) is 0 Å². The fourth-order valence-corrected chi connectivity index (χ4v) is 2.72. The number of carbonyl (C=O) groups excluding carboxylic acids is 1. The molecule has 0 bridgehead atoms. The van der Waals surface area contributed by atoms with Crippen molar-refractivity contribution in [3.8, 4) is 0 Å². The maximum absolute atomic E-state index is 11.8. The lowest BCUT2D eigenvalue weighted by molar-refractivity contribution is -0.161. The van der Waals surface area contributed by atoms with E-state index in [1.807, 2.05) is 27.7 Å². The molecule has 2 atom stereocenters. The number of thioether (sulfide) groups is 1. The zero-order chi connectivity index (χ0) is 11.0. The van der Waals surface area contributed by atoms with Crippen LogP contribution in [0.15, 0.2) is 0 Å². The van der Waals surface area contributed by atoms with Gasteiger partial charge in [0.05, 0.1) is 0 Å². The van der Waals surface area contributed by atoms with Gasteiger partial charge in [0, 0.05) is 5.25 Å². The molecule has 2 N–H and O–H groups in total. The minimum atomic E-state index is -0.780. The first-order valence-corrected chi connectivity index (χ1v) is 5.94. The molecule has 1 aliphatic rings. The molecule has 1 rings (SSSR count). The highest BCUT2D eigenvalue weighted by Crippen LogP contribution is 2.35. The third-order valence-corrected chi connectivity index (χ3v) is 3.75. The van der Waals surface area contributed by atoms with Crippen LogP contribution in [0, 0.1) is 0 Å². The highest BCUT2D eigenvalue weighted by Gasteiger charge is 2.46. The van der Waals surface area contributed by atoms with Crippen LogP contribution in [0.2, 0.25) is 0 Å².